The van der Waals surface area contributed by atoms with Crippen molar-refractivity contribution in [3.63, 3.8) is 0 Å². The van der Waals surface area contributed by atoms with Crippen LogP contribution in [-0.4, -0.2) is 18.5 Å². The zero-order valence-electron chi connectivity index (χ0n) is 12.9. The molecule has 2 rings (SSSR count). The topological polar surface area (TPSA) is 55.4 Å². The van der Waals surface area contributed by atoms with Crippen LogP contribution in [0.4, 0.5) is 0 Å². The smallest absolute Gasteiger partial charge is 0.355 e. The van der Waals surface area contributed by atoms with Gasteiger partial charge in [-0.05, 0) is 35.9 Å². The summed E-state index contributed by atoms with van der Waals surface area (Å²) in [6.07, 6.45) is 3.04. The molecule has 0 aliphatic heterocycles. The highest BCUT2D eigenvalue weighted by Gasteiger charge is 2.15. The van der Waals surface area contributed by atoms with Gasteiger partial charge in [0.15, 0.2) is 0 Å². The minimum Gasteiger partial charge on any atom is -0.457 e. The molecule has 0 saturated heterocycles. The van der Waals surface area contributed by atoms with Gasteiger partial charge in [0, 0.05) is 10.0 Å². The van der Waals surface area contributed by atoms with Gasteiger partial charge in [-0.1, -0.05) is 58.9 Å². The molecule has 2 aromatic rings. The van der Waals surface area contributed by atoms with Gasteiger partial charge >= 0.3 is 5.97 Å². The second-order valence-corrected chi connectivity index (χ2v) is 5.73. The summed E-state index contributed by atoms with van der Waals surface area (Å²) in [5, 5.41) is 2.61. The summed E-state index contributed by atoms with van der Waals surface area (Å²) in [6.45, 7) is 3.57. The van der Waals surface area contributed by atoms with Gasteiger partial charge in [0.25, 0.3) is 5.91 Å². The van der Waals surface area contributed by atoms with Crippen molar-refractivity contribution in [3.05, 3.63) is 88.5 Å². The number of ether oxygens (including phenoxy) is 1. The van der Waals surface area contributed by atoms with Gasteiger partial charge in [-0.25, -0.2) is 4.79 Å². The third kappa shape index (κ3) is 5.21. The van der Waals surface area contributed by atoms with Gasteiger partial charge in [0.2, 0.25) is 0 Å². The van der Waals surface area contributed by atoms with Gasteiger partial charge in [-0.2, -0.15) is 0 Å². The average Bonchev–Trinajstić information content (AvgIpc) is 2.60. The number of amides is 1. The number of halogens is 1. The van der Waals surface area contributed by atoms with Gasteiger partial charge in [-0.15, -0.1) is 0 Å². The zero-order valence-corrected chi connectivity index (χ0v) is 14.5. The van der Waals surface area contributed by atoms with E-state index in [0.29, 0.717) is 5.56 Å². The van der Waals surface area contributed by atoms with E-state index in [2.05, 4.69) is 27.8 Å². The Morgan fingerprint density at radius 3 is 2.38 bits per heavy atom. The molecule has 0 unspecified atom stereocenters. The van der Waals surface area contributed by atoms with Gasteiger partial charge < -0.3 is 10.1 Å². The maximum atomic E-state index is 12.3. The highest BCUT2D eigenvalue weighted by molar-refractivity contribution is 9.10. The third-order valence-corrected chi connectivity index (χ3v) is 3.55. The fourth-order valence-corrected chi connectivity index (χ4v) is 2.13. The molecule has 0 heterocycles. The first kappa shape index (κ1) is 17.7. The predicted molar refractivity (Wildman–Crippen MR) is 97.2 cm³/mol. The van der Waals surface area contributed by atoms with E-state index in [1.165, 1.54) is 6.08 Å². The molecular formula is C19H16BrNO3. The van der Waals surface area contributed by atoms with E-state index < -0.39 is 5.97 Å². The largest absolute Gasteiger partial charge is 0.457 e. The Kier molecular flexibility index (Phi) is 6.51. The van der Waals surface area contributed by atoms with Crippen molar-refractivity contribution in [1.29, 1.82) is 0 Å². The lowest BCUT2D eigenvalue weighted by Gasteiger charge is -2.10. The van der Waals surface area contributed by atoms with Crippen LogP contribution < -0.4 is 5.32 Å². The first-order chi connectivity index (χ1) is 11.6. The molecule has 0 radical (unpaired) electrons. The number of carbonyl (C=O) groups excluding carboxylic acids is 2. The Bertz CT molecular complexity index is 752. The van der Waals surface area contributed by atoms with E-state index in [0.717, 1.165) is 10.0 Å². The summed E-state index contributed by atoms with van der Waals surface area (Å²) < 4.78 is 5.90. The summed E-state index contributed by atoms with van der Waals surface area (Å²) in [6, 6.07) is 16.0. The maximum Gasteiger partial charge on any atom is 0.355 e. The van der Waals surface area contributed by atoms with Gasteiger partial charge in [0.05, 0.1) is 0 Å². The van der Waals surface area contributed by atoms with Crippen LogP contribution in [0.2, 0.25) is 0 Å². The minimum atomic E-state index is -0.621. The molecule has 0 bridgehead atoms. The van der Waals surface area contributed by atoms with Crippen molar-refractivity contribution in [3.8, 4) is 0 Å². The molecule has 0 spiro atoms. The molecule has 0 saturated carbocycles. The Hall–Kier alpha value is -2.66. The molecule has 0 fully saturated rings. The first-order valence-electron chi connectivity index (χ1n) is 7.22. The first-order valence-corrected chi connectivity index (χ1v) is 8.01. The van der Waals surface area contributed by atoms with Crippen LogP contribution in [0.15, 0.2) is 77.4 Å². The van der Waals surface area contributed by atoms with Gasteiger partial charge in [-0.3, -0.25) is 4.79 Å². The van der Waals surface area contributed by atoms with Crippen LogP contribution in [0.25, 0.3) is 6.08 Å². The lowest BCUT2D eigenvalue weighted by atomic mass is 10.1. The fourth-order valence-electron chi connectivity index (χ4n) is 1.87. The predicted octanol–water partition coefficient (Wildman–Crippen LogP) is 3.95. The number of benzene rings is 2. The van der Waals surface area contributed by atoms with E-state index in [1.54, 1.807) is 30.3 Å². The zero-order chi connectivity index (χ0) is 17.4. The second kappa shape index (κ2) is 8.84. The van der Waals surface area contributed by atoms with Gasteiger partial charge in [0.1, 0.15) is 12.3 Å². The molecule has 5 heteroatoms. The molecule has 122 valence electrons. The number of hydrogen-bond acceptors (Lipinski definition) is 3. The Morgan fingerprint density at radius 2 is 1.75 bits per heavy atom. The standard InChI is InChI=1S/C19H16BrNO3/c1-2-12-24-19(23)17(13-14-6-4-3-5-7-14)21-18(22)15-8-10-16(20)11-9-15/h2-11,13H,1,12H2,(H,21,22)/b17-13-. The van der Waals surface area contributed by atoms with Crippen molar-refractivity contribution in [2.24, 2.45) is 0 Å². The summed E-state index contributed by atoms with van der Waals surface area (Å²) in [7, 11) is 0. The molecule has 1 N–H and O–H groups in total. The number of hydrogen-bond donors (Lipinski definition) is 1. The lowest BCUT2D eigenvalue weighted by Crippen LogP contribution is -2.28. The van der Waals surface area contributed by atoms with Crippen molar-refractivity contribution < 1.29 is 14.3 Å². The summed E-state index contributed by atoms with van der Waals surface area (Å²) in [4.78, 5) is 24.5. The Labute approximate surface area is 149 Å². The maximum absolute atomic E-state index is 12.3. The van der Waals surface area contributed by atoms with E-state index in [4.69, 9.17) is 4.74 Å². The normalized spacial score (nSPS) is 10.8. The van der Waals surface area contributed by atoms with E-state index in [9.17, 15) is 9.59 Å². The summed E-state index contributed by atoms with van der Waals surface area (Å²) in [5.41, 5.74) is 1.28. The minimum absolute atomic E-state index is 0.0657. The van der Waals surface area contributed by atoms with Crippen molar-refractivity contribution in [2.45, 2.75) is 0 Å². The molecule has 2 aromatic carbocycles. The third-order valence-electron chi connectivity index (χ3n) is 3.02. The van der Waals surface area contributed by atoms with E-state index in [-0.39, 0.29) is 18.2 Å². The monoisotopic (exact) mass is 385 g/mol. The number of rotatable bonds is 6. The molecule has 0 aromatic heterocycles. The molecule has 1 amide bonds. The average molecular weight is 386 g/mol. The van der Waals surface area contributed by atoms with Crippen LogP contribution in [0.1, 0.15) is 15.9 Å². The fraction of sp³-hybridized carbons (Fsp3) is 0.0526. The molecule has 4 nitrogen and oxygen atoms in total. The highest BCUT2D eigenvalue weighted by Crippen LogP contribution is 2.12. The highest BCUT2D eigenvalue weighted by atomic mass is 79.9. The summed E-state index contributed by atoms with van der Waals surface area (Å²) in [5.74, 6) is -1.01. The van der Waals surface area contributed by atoms with Crippen LogP contribution >= 0.6 is 15.9 Å². The molecule has 24 heavy (non-hydrogen) atoms. The molecular weight excluding hydrogens is 370 g/mol. The van der Waals surface area contributed by atoms with Crippen molar-refractivity contribution in [2.75, 3.05) is 6.61 Å². The number of carbonyl (C=O) groups is 2. The van der Waals surface area contributed by atoms with E-state index in [1.807, 2.05) is 30.3 Å². The summed E-state index contributed by atoms with van der Waals surface area (Å²) >= 11 is 3.31. The SMILES string of the molecule is C=CCOC(=O)/C(=C/c1ccccc1)NC(=O)c1ccc(Br)cc1. The number of nitrogens with one attached hydrogen (secondary N) is 1. The van der Waals surface area contributed by atoms with E-state index >= 15 is 0 Å². The quantitative estimate of drug-likeness (QED) is 0.465. The van der Waals surface area contributed by atoms with Crippen molar-refractivity contribution >= 4 is 33.9 Å². The van der Waals surface area contributed by atoms with Crippen LogP contribution in [-0.2, 0) is 9.53 Å². The molecule has 0 atom stereocenters. The van der Waals surface area contributed by atoms with Crippen LogP contribution in [0, 0.1) is 0 Å². The van der Waals surface area contributed by atoms with Crippen LogP contribution in [0.3, 0.4) is 0 Å². The van der Waals surface area contributed by atoms with Crippen molar-refractivity contribution in [1.82, 2.24) is 5.32 Å². The second-order valence-electron chi connectivity index (χ2n) is 4.82. The Morgan fingerprint density at radius 1 is 1.08 bits per heavy atom. The lowest BCUT2D eigenvalue weighted by molar-refractivity contribution is -0.138. The Balaban J connectivity index is 2.23. The molecule has 0 aliphatic carbocycles. The number of esters is 1. The van der Waals surface area contributed by atoms with Crippen LogP contribution in [0.5, 0.6) is 0 Å². The molecule has 0 aliphatic rings.